The third kappa shape index (κ3) is 4.90. The smallest absolute Gasteiger partial charge is 0.288 e. The van der Waals surface area contributed by atoms with E-state index in [9.17, 15) is 14.7 Å². The number of anilines is 1. The highest BCUT2D eigenvalue weighted by Crippen LogP contribution is 2.48. The normalized spacial score (nSPS) is 24.7. The second kappa shape index (κ2) is 9.48. The van der Waals surface area contributed by atoms with Crippen molar-refractivity contribution in [3.05, 3.63) is 45.6 Å². The summed E-state index contributed by atoms with van der Waals surface area (Å²) in [5.41, 5.74) is 0.734. The second-order valence-corrected chi connectivity index (χ2v) is 9.85. The molecule has 9 heteroatoms. The summed E-state index contributed by atoms with van der Waals surface area (Å²) >= 11 is 6.36. The molecule has 0 bridgehead atoms. The van der Waals surface area contributed by atoms with Gasteiger partial charge in [0.2, 0.25) is 5.91 Å². The highest BCUT2D eigenvalue weighted by Gasteiger charge is 2.43. The molecular formula is C23H32ClN5O3. The van der Waals surface area contributed by atoms with Gasteiger partial charge in [0.25, 0.3) is 5.56 Å². The van der Waals surface area contributed by atoms with Gasteiger partial charge in [-0.2, -0.15) is 5.10 Å². The first-order chi connectivity index (χ1) is 15.0. The van der Waals surface area contributed by atoms with Crippen LogP contribution in [0.5, 0.6) is 5.75 Å². The van der Waals surface area contributed by atoms with E-state index in [0.717, 1.165) is 11.1 Å². The van der Waals surface area contributed by atoms with E-state index in [-0.39, 0.29) is 35.3 Å². The molecule has 1 amide bonds. The zero-order valence-corrected chi connectivity index (χ0v) is 20.0. The van der Waals surface area contributed by atoms with Crippen LogP contribution in [0.4, 0.5) is 5.69 Å². The average molecular weight is 462 g/mol. The fourth-order valence-corrected chi connectivity index (χ4v) is 4.59. The molecule has 4 atom stereocenters. The van der Waals surface area contributed by atoms with Gasteiger partial charge in [-0.25, -0.2) is 4.68 Å². The lowest BCUT2D eigenvalue weighted by Gasteiger charge is -2.50. The number of aromatic nitrogens is 3. The fraction of sp³-hybridized carbons (Fsp3) is 0.565. The van der Waals surface area contributed by atoms with Crippen LogP contribution in [-0.2, 0) is 17.9 Å². The van der Waals surface area contributed by atoms with Crippen LogP contribution in [0.1, 0.15) is 46.6 Å². The Morgan fingerprint density at radius 1 is 1.31 bits per heavy atom. The summed E-state index contributed by atoms with van der Waals surface area (Å²) < 4.78 is 1.04. The fourth-order valence-electron chi connectivity index (χ4n) is 4.39. The lowest BCUT2D eigenvalue weighted by Crippen LogP contribution is -2.48. The SMILES string of the molecule is C[C@@H]1[C@@H](C)C(C)(C)[C@@H](C)C[C@H]1Nc1cnn(CC(=O)NCc2ccncc2O)c(=O)c1Cl. The Bertz CT molecular complexity index is 1040. The van der Waals surface area contributed by atoms with Crippen LogP contribution in [-0.4, -0.2) is 31.8 Å². The molecule has 0 radical (unpaired) electrons. The lowest BCUT2D eigenvalue weighted by atomic mass is 9.58. The third-order valence-corrected chi connectivity index (χ3v) is 7.82. The first kappa shape index (κ1) is 24.0. The Balaban J connectivity index is 1.67. The van der Waals surface area contributed by atoms with Crippen molar-refractivity contribution in [1.82, 2.24) is 20.1 Å². The minimum Gasteiger partial charge on any atom is -0.506 e. The molecule has 1 aliphatic rings. The number of nitrogens with zero attached hydrogens (tertiary/aromatic N) is 3. The number of rotatable bonds is 6. The van der Waals surface area contributed by atoms with Crippen LogP contribution < -0.4 is 16.2 Å². The molecule has 1 fully saturated rings. The first-order valence-corrected chi connectivity index (χ1v) is 11.3. The third-order valence-electron chi connectivity index (χ3n) is 7.46. The highest BCUT2D eigenvalue weighted by molar-refractivity contribution is 6.32. The Labute approximate surface area is 193 Å². The summed E-state index contributed by atoms with van der Waals surface area (Å²) in [5.74, 6) is 0.986. The Morgan fingerprint density at radius 3 is 2.72 bits per heavy atom. The van der Waals surface area contributed by atoms with Crippen LogP contribution in [0, 0.1) is 23.2 Å². The molecule has 0 aliphatic heterocycles. The zero-order chi connectivity index (χ0) is 23.6. The molecule has 0 aromatic carbocycles. The minimum atomic E-state index is -0.525. The summed E-state index contributed by atoms with van der Waals surface area (Å²) in [6.45, 7) is 11.2. The van der Waals surface area contributed by atoms with Crippen molar-refractivity contribution in [1.29, 1.82) is 0 Å². The van der Waals surface area contributed by atoms with E-state index in [0.29, 0.717) is 29.0 Å². The Kier molecular flexibility index (Phi) is 7.12. The van der Waals surface area contributed by atoms with Gasteiger partial charge in [-0.1, -0.05) is 46.2 Å². The quantitative estimate of drug-likeness (QED) is 0.608. The molecule has 2 heterocycles. The summed E-state index contributed by atoms with van der Waals surface area (Å²) in [4.78, 5) is 28.8. The van der Waals surface area contributed by atoms with Gasteiger partial charge in [-0.3, -0.25) is 14.6 Å². The van der Waals surface area contributed by atoms with E-state index in [2.05, 4.69) is 55.3 Å². The molecule has 32 heavy (non-hydrogen) atoms. The van der Waals surface area contributed by atoms with Crippen LogP contribution in [0.25, 0.3) is 0 Å². The van der Waals surface area contributed by atoms with Crippen molar-refractivity contribution >= 4 is 23.2 Å². The summed E-state index contributed by atoms with van der Waals surface area (Å²) in [5, 5.41) is 20.0. The largest absolute Gasteiger partial charge is 0.506 e. The Hall–Kier alpha value is -2.61. The summed E-state index contributed by atoms with van der Waals surface area (Å²) in [7, 11) is 0. The molecule has 0 unspecified atom stereocenters. The summed E-state index contributed by atoms with van der Waals surface area (Å²) in [6.07, 6.45) is 5.30. The predicted octanol–water partition coefficient (Wildman–Crippen LogP) is 3.43. The maximum absolute atomic E-state index is 12.7. The minimum absolute atomic E-state index is 0.00877. The summed E-state index contributed by atoms with van der Waals surface area (Å²) in [6, 6.07) is 1.78. The van der Waals surface area contributed by atoms with Crippen molar-refractivity contribution in [3.63, 3.8) is 0 Å². The average Bonchev–Trinajstić information content (AvgIpc) is 2.75. The van der Waals surface area contributed by atoms with Crippen LogP contribution in [0.2, 0.25) is 5.02 Å². The first-order valence-electron chi connectivity index (χ1n) is 10.9. The monoisotopic (exact) mass is 461 g/mol. The second-order valence-electron chi connectivity index (χ2n) is 9.47. The molecule has 0 saturated heterocycles. The van der Waals surface area contributed by atoms with E-state index >= 15 is 0 Å². The van der Waals surface area contributed by atoms with Gasteiger partial charge in [0.1, 0.15) is 17.3 Å². The number of pyridine rings is 1. The number of carbonyl (C=O) groups excluding carboxylic acids is 1. The number of hydrogen-bond donors (Lipinski definition) is 3. The molecular weight excluding hydrogens is 430 g/mol. The number of carbonyl (C=O) groups is 1. The van der Waals surface area contributed by atoms with Crippen molar-refractivity contribution in [2.45, 2.75) is 60.2 Å². The van der Waals surface area contributed by atoms with Gasteiger partial charge in [-0.15, -0.1) is 0 Å². The predicted molar refractivity (Wildman–Crippen MR) is 125 cm³/mol. The molecule has 8 nitrogen and oxygen atoms in total. The van der Waals surface area contributed by atoms with Crippen LogP contribution in [0.3, 0.4) is 0 Å². The van der Waals surface area contributed by atoms with E-state index in [1.807, 2.05) is 0 Å². The molecule has 1 aliphatic carbocycles. The topological polar surface area (TPSA) is 109 Å². The molecule has 3 N–H and O–H groups in total. The van der Waals surface area contributed by atoms with Crippen molar-refractivity contribution < 1.29 is 9.90 Å². The lowest BCUT2D eigenvalue weighted by molar-refractivity contribution is -0.122. The van der Waals surface area contributed by atoms with E-state index < -0.39 is 11.5 Å². The van der Waals surface area contributed by atoms with Crippen molar-refractivity contribution in [2.24, 2.45) is 23.2 Å². The van der Waals surface area contributed by atoms with Crippen LogP contribution >= 0.6 is 11.6 Å². The van der Waals surface area contributed by atoms with E-state index in [1.165, 1.54) is 18.6 Å². The molecule has 2 aromatic rings. The molecule has 0 spiro atoms. The van der Waals surface area contributed by atoms with Crippen molar-refractivity contribution in [2.75, 3.05) is 5.32 Å². The zero-order valence-electron chi connectivity index (χ0n) is 19.2. The molecule has 174 valence electrons. The number of halogens is 1. The highest BCUT2D eigenvalue weighted by atomic mass is 35.5. The van der Waals surface area contributed by atoms with Crippen LogP contribution in [0.15, 0.2) is 29.5 Å². The molecule has 3 rings (SSSR count). The Morgan fingerprint density at radius 2 is 2.03 bits per heavy atom. The van der Waals surface area contributed by atoms with Crippen molar-refractivity contribution in [3.8, 4) is 5.75 Å². The van der Waals surface area contributed by atoms with Gasteiger partial charge < -0.3 is 15.7 Å². The van der Waals surface area contributed by atoms with Gasteiger partial charge in [0, 0.05) is 24.3 Å². The number of nitrogens with one attached hydrogen (secondary N) is 2. The van der Waals surface area contributed by atoms with E-state index in [1.54, 1.807) is 6.07 Å². The standard InChI is InChI=1S/C23H32ClN5O3/c1-13-8-17(14(2)15(3)23(13,4)5)28-18-10-27-29(22(32)21(18)24)12-20(31)26-9-16-6-7-25-11-19(16)30/h6-7,10-11,13-15,17,28,30H,8-9,12H2,1-5H3,(H,26,31)/t13-,14+,15+,17+/m0/s1. The van der Waals surface area contributed by atoms with Gasteiger partial charge in [0.05, 0.1) is 18.1 Å². The molecule has 2 aromatic heterocycles. The number of aromatic hydroxyl groups is 1. The van der Waals surface area contributed by atoms with Gasteiger partial charge in [0.15, 0.2) is 0 Å². The number of amides is 1. The van der Waals surface area contributed by atoms with Gasteiger partial charge in [-0.05, 0) is 35.7 Å². The number of hydrogen-bond acceptors (Lipinski definition) is 6. The molecule has 1 saturated carbocycles. The van der Waals surface area contributed by atoms with E-state index in [4.69, 9.17) is 11.6 Å². The maximum Gasteiger partial charge on any atom is 0.288 e. The maximum atomic E-state index is 12.7. The van der Waals surface area contributed by atoms with Gasteiger partial charge >= 0.3 is 0 Å².